The molecule has 1 N–H and O–H groups in total. The Morgan fingerprint density at radius 2 is 2.00 bits per heavy atom. The summed E-state index contributed by atoms with van der Waals surface area (Å²) >= 11 is 0. The van der Waals surface area contributed by atoms with E-state index in [1.165, 1.54) is 31.2 Å². The topological polar surface area (TPSA) is 24.5 Å². The van der Waals surface area contributed by atoms with Crippen LogP contribution in [0.25, 0.3) is 0 Å². The molecule has 1 aromatic carbocycles. The van der Waals surface area contributed by atoms with Gasteiger partial charge in [0, 0.05) is 25.7 Å². The van der Waals surface area contributed by atoms with Crippen molar-refractivity contribution in [1.29, 1.82) is 0 Å². The maximum atomic E-state index is 14.1. The minimum absolute atomic E-state index is 0.128. The second-order valence-electron chi connectivity index (χ2n) is 6.63. The second-order valence-corrected chi connectivity index (χ2v) is 6.63. The first kappa shape index (κ1) is 15.8. The zero-order chi connectivity index (χ0) is 15.4. The van der Waals surface area contributed by atoms with Crippen LogP contribution in [0.1, 0.15) is 38.2 Å². The molecule has 2 fully saturated rings. The molecular formula is C18H27FN2O. The quantitative estimate of drug-likeness (QED) is 0.923. The molecule has 4 heteroatoms. The Kier molecular flexibility index (Phi) is 5.32. The van der Waals surface area contributed by atoms with Gasteiger partial charge in [0.2, 0.25) is 0 Å². The van der Waals surface area contributed by atoms with Gasteiger partial charge in [-0.15, -0.1) is 0 Å². The Labute approximate surface area is 132 Å². The van der Waals surface area contributed by atoms with Crippen LogP contribution in [0.3, 0.4) is 0 Å². The molecule has 2 aliphatic rings. The lowest BCUT2D eigenvalue weighted by Gasteiger charge is -2.31. The van der Waals surface area contributed by atoms with Crippen molar-refractivity contribution in [3.05, 3.63) is 29.6 Å². The van der Waals surface area contributed by atoms with Crippen molar-refractivity contribution in [3.63, 3.8) is 0 Å². The molecule has 22 heavy (non-hydrogen) atoms. The highest BCUT2D eigenvalue weighted by Gasteiger charge is 2.21. The molecule has 3 rings (SSSR count). The lowest BCUT2D eigenvalue weighted by atomic mass is 9.86. The summed E-state index contributed by atoms with van der Waals surface area (Å²) in [6, 6.07) is 6.11. The van der Waals surface area contributed by atoms with Crippen LogP contribution < -0.4 is 10.2 Å². The van der Waals surface area contributed by atoms with Crippen LogP contribution in [0.2, 0.25) is 0 Å². The van der Waals surface area contributed by atoms with E-state index in [4.69, 9.17) is 4.74 Å². The Morgan fingerprint density at radius 1 is 1.23 bits per heavy atom. The van der Waals surface area contributed by atoms with Gasteiger partial charge in [-0.2, -0.15) is 0 Å². The fraction of sp³-hybridized carbons (Fsp3) is 0.667. The second kappa shape index (κ2) is 7.42. The van der Waals surface area contributed by atoms with Gasteiger partial charge in [-0.05, 0) is 36.5 Å². The van der Waals surface area contributed by atoms with E-state index in [0.29, 0.717) is 19.3 Å². The maximum Gasteiger partial charge on any atom is 0.146 e. The third kappa shape index (κ3) is 3.79. The highest BCUT2D eigenvalue weighted by atomic mass is 19.1. The van der Waals surface area contributed by atoms with Crippen LogP contribution >= 0.6 is 0 Å². The summed E-state index contributed by atoms with van der Waals surface area (Å²) in [5.41, 5.74) is 1.89. The molecule has 1 heterocycles. The van der Waals surface area contributed by atoms with Gasteiger partial charge in [0.25, 0.3) is 0 Å². The van der Waals surface area contributed by atoms with Crippen LogP contribution in [0.4, 0.5) is 10.1 Å². The van der Waals surface area contributed by atoms with Gasteiger partial charge in [-0.25, -0.2) is 4.39 Å². The number of nitrogens with zero attached hydrogens (tertiary/aromatic N) is 1. The highest BCUT2D eigenvalue weighted by Crippen LogP contribution is 2.25. The summed E-state index contributed by atoms with van der Waals surface area (Å²) in [5.74, 6) is 0.615. The summed E-state index contributed by atoms with van der Waals surface area (Å²) in [7, 11) is 0. The lowest BCUT2D eigenvalue weighted by Crippen LogP contribution is -2.37. The fourth-order valence-corrected chi connectivity index (χ4v) is 3.58. The molecule has 0 bridgehead atoms. The average molecular weight is 306 g/mol. The van der Waals surface area contributed by atoms with Gasteiger partial charge in [0.15, 0.2) is 0 Å². The third-order valence-electron chi connectivity index (χ3n) is 5.04. The molecule has 1 saturated heterocycles. The molecule has 122 valence electrons. The monoisotopic (exact) mass is 306 g/mol. The first-order valence-corrected chi connectivity index (χ1v) is 8.58. The van der Waals surface area contributed by atoms with Gasteiger partial charge in [-0.1, -0.05) is 25.8 Å². The van der Waals surface area contributed by atoms with Crippen molar-refractivity contribution in [2.75, 3.05) is 31.2 Å². The van der Waals surface area contributed by atoms with E-state index < -0.39 is 0 Å². The fourth-order valence-electron chi connectivity index (χ4n) is 3.58. The first-order valence-electron chi connectivity index (χ1n) is 8.58. The molecule has 0 radical (unpaired) electrons. The zero-order valence-electron chi connectivity index (χ0n) is 13.5. The van der Waals surface area contributed by atoms with Crippen LogP contribution in [0.5, 0.6) is 0 Å². The van der Waals surface area contributed by atoms with E-state index in [2.05, 4.69) is 17.1 Å². The highest BCUT2D eigenvalue weighted by molar-refractivity contribution is 5.50. The molecule has 1 saturated carbocycles. The first-order chi connectivity index (χ1) is 10.7. The van der Waals surface area contributed by atoms with E-state index in [-0.39, 0.29) is 5.82 Å². The van der Waals surface area contributed by atoms with E-state index in [9.17, 15) is 4.39 Å². The van der Waals surface area contributed by atoms with Crippen LogP contribution in [-0.4, -0.2) is 32.3 Å². The molecule has 1 aliphatic heterocycles. The number of hydrogen-bond donors (Lipinski definition) is 1. The predicted octanol–water partition coefficient (Wildman–Crippen LogP) is 3.33. The smallest absolute Gasteiger partial charge is 0.146 e. The Bertz CT molecular complexity index is 488. The number of ether oxygens (including phenoxy) is 1. The largest absolute Gasteiger partial charge is 0.378 e. The summed E-state index contributed by atoms with van der Waals surface area (Å²) < 4.78 is 19.5. The van der Waals surface area contributed by atoms with Gasteiger partial charge in [0.05, 0.1) is 18.9 Å². The van der Waals surface area contributed by atoms with Crippen LogP contribution in [0, 0.1) is 11.7 Å². The number of nitrogens with one attached hydrogen (secondary N) is 1. The number of rotatable bonds is 4. The Hall–Kier alpha value is -1.13. The summed E-state index contributed by atoms with van der Waals surface area (Å²) in [6.45, 7) is 6.07. The summed E-state index contributed by atoms with van der Waals surface area (Å²) in [5, 5.41) is 3.67. The summed E-state index contributed by atoms with van der Waals surface area (Å²) in [4.78, 5) is 2.09. The average Bonchev–Trinajstić information content (AvgIpc) is 2.56. The van der Waals surface area contributed by atoms with Gasteiger partial charge >= 0.3 is 0 Å². The van der Waals surface area contributed by atoms with Gasteiger partial charge in [-0.3, -0.25) is 0 Å². The number of hydrogen-bond acceptors (Lipinski definition) is 3. The van der Waals surface area contributed by atoms with E-state index in [1.807, 2.05) is 12.1 Å². The standard InChI is InChI=1S/C18H27FN2O/c1-14-4-2-3-5-17(14)20-13-15-6-7-16(19)18(12-15)21-8-10-22-11-9-21/h6-7,12,14,17,20H,2-5,8-11,13H2,1H3. The van der Waals surface area contributed by atoms with E-state index >= 15 is 0 Å². The maximum absolute atomic E-state index is 14.1. The molecule has 2 unspecified atom stereocenters. The number of halogens is 1. The number of anilines is 1. The molecule has 2 atom stereocenters. The molecule has 3 nitrogen and oxygen atoms in total. The van der Waals surface area contributed by atoms with Crippen molar-refractivity contribution >= 4 is 5.69 Å². The Balaban J connectivity index is 1.63. The minimum Gasteiger partial charge on any atom is -0.378 e. The van der Waals surface area contributed by atoms with Crippen molar-refractivity contribution in [1.82, 2.24) is 5.32 Å². The van der Waals surface area contributed by atoms with Gasteiger partial charge < -0.3 is 15.0 Å². The molecule has 1 aliphatic carbocycles. The van der Waals surface area contributed by atoms with Crippen molar-refractivity contribution in [2.24, 2.45) is 5.92 Å². The van der Waals surface area contributed by atoms with Crippen molar-refractivity contribution < 1.29 is 9.13 Å². The Morgan fingerprint density at radius 3 is 2.77 bits per heavy atom. The lowest BCUT2D eigenvalue weighted by molar-refractivity contribution is 0.122. The normalized spacial score (nSPS) is 26.2. The van der Waals surface area contributed by atoms with Crippen molar-refractivity contribution in [3.8, 4) is 0 Å². The molecule has 0 aromatic heterocycles. The number of benzene rings is 1. The minimum atomic E-state index is -0.128. The molecule has 0 spiro atoms. The van der Waals surface area contributed by atoms with Crippen LogP contribution in [0.15, 0.2) is 18.2 Å². The summed E-state index contributed by atoms with van der Waals surface area (Å²) in [6.07, 6.45) is 5.26. The molecular weight excluding hydrogens is 279 g/mol. The number of morpholine rings is 1. The van der Waals surface area contributed by atoms with E-state index in [0.717, 1.165) is 31.2 Å². The predicted molar refractivity (Wildman–Crippen MR) is 87.7 cm³/mol. The van der Waals surface area contributed by atoms with Gasteiger partial charge in [0.1, 0.15) is 5.82 Å². The zero-order valence-corrected chi connectivity index (χ0v) is 13.5. The SMILES string of the molecule is CC1CCCCC1NCc1ccc(F)c(N2CCOCC2)c1. The molecule has 0 amide bonds. The third-order valence-corrected chi connectivity index (χ3v) is 5.04. The molecule has 1 aromatic rings. The van der Waals surface area contributed by atoms with Crippen molar-refractivity contribution in [2.45, 2.75) is 45.2 Å². The van der Waals surface area contributed by atoms with E-state index in [1.54, 1.807) is 6.07 Å². The van der Waals surface area contributed by atoms with Crippen LogP contribution in [-0.2, 0) is 11.3 Å².